The van der Waals surface area contributed by atoms with Crippen LogP contribution in [0.4, 0.5) is 4.79 Å². The lowest BCUT2D eigenvalue weighted by Crippen LogP contribution is -2.49. The van der Waals surface area contributed by atoms with Crippen molar-refractivity contribution >= 4 is 29.7 Å². The molecule has 1 saturated heterocycles. The van der Waals surface area contributed by atoms with Crippen LogP contribution in [0, 0.1) is 0 Å². The van der Waals surface area contributed by atoms with E-state index in [1.807, 2.05) is 11.8 Å². The van der Waals surface area contributed by atoms with E-state index >= 15 is 0 Å². The van der Waals surface area contributed by atoms with Crippen molar-refractivity contribution in [3.63, 3.8) is 0 Å². The molecule has 0 aromatic carbocycles. The second-order valence-electron chi connectivity index (χ2n) is 4.42. The van der Waals surface area contributed by atoms with Gasteiger partial charge < -0.3 is 21.5 Å². The standard InChI is InChI=1S/C11H20N4O4S/c12-9(16)7-8(10(17)18)14-11(19)13-1-2-15-3-5-20-6-4-15/h8H,1-7H2,(H2,12,16)(H,17,18)(H2,13,14,19)/t8-/m1/s1. The molecule has 0 spiro atoms. The summed E-state index contributed by atoms with van der Waals surface area (Å²) in [6.07, 6.45) is -0.425. The fourth-order valence-electron chi connectivity index (χ4n) is 1.76. The van der Waals surface area contributed by atoms with Crippen molar-refractivity contribution < 1.29 is 19.5 Å². The van der Waals surface area contributed by atoms with Crippen LogP contribution in [-0.2, 0) is 9.59 Å². The lowest BCUT2D eigenvalue weighted by atomic mass is 10.2. The molecule has 114 valence electrons. The second-order valence-corrected chi connectivity index (χ2v) is 5.64. The normalized spacial score (nSPS) is 17.2. The Morgan fingerprint density at radius 2 is 1.95 bits per heavy atom. The van der Waals surface area contributed by atoms with Gasteiger partial charge in [0, 0.05) is 37.7 Å². The summed E-state index contributed by atoms with van der Waals surface area (Å²) >= 11 is 1.91. The molecule has 0 bridgehead atoms. The first-order valence-corrected chi connectivity index (χ1v) is 7.50. The summed E-state index contributed by atoms with van der Waals surface area (Å²) < 4.78 is 0. The number of thioether (sulfide) groups is 1. The molecule has 5 N–H and O–H groups in total. The van der Waals surface area contributed by atoms with Crippen molar-refractivity contribution in [3.8, 4) is 0 Å². The molecule has 1 aliphatic heterocycles. The number of carbonyl (C=O) groups is 3. The van der Waals surface area contributed by atoms with Gasteiger partial charge in [-0.1, -0.05) is 0 Å². The fraction of sp³-hybridized carbons (Fsp3) is 0.727. The Balaban J connectivity index is 2.23. The number of hydrogen-bond donors (Lipinski definition) is 4. The van der Waals surface area contributed by atoms with Crippen LogP contribution in [0.2, 0.25) is 0 Å². The van der Waals surface area contributed by atoms with Crippen LogP contribution in [-0.4, -0.2) is 71.6 Å². The number of primary amides is 1. The van der Waals surface area contributed by atoms with E-state index < -0.39 is 30.4 Å². The number of carboxylic acid groups (broad SMARTS) is 1. The quantitative estimate of drug-likeness (QED) is 0.461. The molecular formula is C11H20N4O4S. The summed E-state index contributed by atoms with van der Waals surface area (Å²) in [5.74, 6) is 0.119. The van der Waals surface area contributed by atoms with Gasteiger partial charge in [-0.25, -0.2) is 9.59 Å². The maximum atomic E-state index is 11.5. The number of rotatable bonds is 7. The van der Waals surface area contributed by atoms with E-state index in [1.54, 1.807) is 0 Å². The number of nitrogens with zero attached hydrogens (tertiary/aromatic N) is 1. The van der Waals surface area contributed by atoms with Crippen molar-refractivity contribution in [1.29, 1.82) is 0 Å². The predicted molar refractivity (Wildman–Crippen MR) is 75.5 cm³/mol. The lowest BCUT2D eigenvalue weighted by molar-refractivity contribution is -0.140. The number of aliphatic carboxylic acids is 1. The SMILES string of the molecule is NC(=O)C[C@@H](NC(=O)NCCN1CCSCC1)C(=O)O. The molecule has 1 heterocycles. The summed E-state index contributed by atoms with van der Waals surface area (Å²) in [5.41, 5.74) is 4.92. The van der Waals surface area contributed by atoms with Crippen LogP contribution in [0.25, 0.3) is 0 Å². The highest BCUT2D eigenvalue weighted by molar-refractivity contribution is 7.99. The largest absolute Gasteiger partial charge is 0.480 e. The molecule has 1 aliphatic rings. The summed E-state index contributed by atoms with van der Waals surface area (Å²) in [6, 6.07) is -1.90. The van der Waals surface area contributed by atoms with Crippen LogP contribution in [0.15, 0.2) is 0 Å². The third-order valence-electron chi connectivity index (χ3n) is 2.83. The monoisotopic (exact) mass is 304 g/mol. The molecule has 0 aromatic rings. The maximum absolute atomic E-state index is 11.5. The minimum absolute atomic E-state index is 0.425. The minimum Gasteiger partial charge on any atom is -0.480 e. The number of nitrogens with one attached hydrogen (secondary N) is 2. The Bertz CT molecular complexity index is 360. The van der Waals surface area contributed by atoms with E-state index in [9.17, 15) is 14.4 Å². The van der Waals surface area contributed by atoms with Gasteiger partial charge in [0.1, 0.15) is 6.04 Å². The molecule has 0 radical (unpaired) electrons. The molecule has 1 atom stereocenters. The van der Waals surface area contributed by atoms with Crippen LogP contribution < -0.4 is 16.4 Å². The summed E-state index contributed by atoms with van der Waals surface area (Å²) in [6.45, 7) is 3.14. The van der Waals surface area contributed by atoms with Gasteiger partial charge in [0.25, 0.3) is 0 Å². The van der Waals surface area contributed by atoms with Gasteiger partial charge in [-0.15, -0.1) is 0 Å². The molecule has 9 heteroatoms. The van der Waals surface area contributed by atoms with E-state index in [4.69, 9.17) is 10.8 Å². The number of carbonyl (C=O) groups excluding carboxylic acids is 2. The van der Waals surface area contributed by atoms with Gasteiger partial charge in [0.05, 0.1) is 6.42 Å². The smallest absolute Gasteiger partial charge is 0.326 e. The van der Waals surface area contributed by atoms with Crippen molar-refractivity contribution in [2.45, 2.75) is 12.5 Å². The third-order valence-corrected chi connectivity index (χ3v) is 3.77. The lowest BCUT2D eigenvalue weighted by Gasteiger charge is -2.26. The van der Waals surface area contributed by atoms with Gasteiger partial charge in [0.15, 0.2) is 0 Å². The Morgan fingerprint density at radius 1 is 1.30 bits per heavy atom. The zero-order valence-corrected chi connectivity index (χ0v) is 11.9. The van der Waals surface area contributed by atoms with Gasteiger partial charge in [0.2, 0.25) is 5.91 Å². The van der Waals surface area contributed by atoms with Crippen LogP contribution in [0.5, 0.6) is 0 Å². The van der Waals surface area contributed by atoms with Crippen molar-refractivity contribution in [2.75, 3.05) is 37.7 Å². The third kappa shape index (κ3) is 6.62. The molecular weight excluding hydrogens is 284 g/mol. The minimum atomic E-state index is -1.29. The fourth-order valence-corrected chi connectivity index (χ4v) is 2.74. The van der Waals surface area contributed by atoms with E-state index in [2.05, 4.69) is 15.5 Å². The Morgan fingerprint density at radius 3 is 2.50 bits per heavy atom. The Labute approximate surface area is 121 Å². The highest BCUT2D eigenvalue weighted by atomic mass is 32.2. The topological polar surface area (TPSA) is 125 Å². The van der Waals surface area contributed by atoms with Crippen molar-refractivity contribution in [1.82, 2.24) is 15.5 Å². The number of carboxylic acids is 1. The summed E-state index contributed by atoms with van der Waals surface area (Å²) in [7, 11) is 0. The summed E-state index contributed by atoms with van der Waals surface area (Å²) in [5, 5.41) is 13.6. The van der Waals surface area contributed by atoms with Crippen molar-refractivity contribution in [3.05, 3.63) is 0 Å². The Hall–Kier alpha value is -1.48. The van der Waals surface area contributed by atoms with Gasteiger partial charge >= 0.3 is 12.0 Å². The van der Waals surface area contributed by atoms with E-state index in [0.717, 1.165) is 31.1 Å². The average molecular weight is 304 g/mol. The predicted octanol–water partition coefficient (Wildman–Crippen LogP) is -1.34. The first-order chi connectivity index (χ1) is 9.49. The van der Waals surface area contributed by atoms with Crippen molar-refractivity contribution in [2.24, 2.45) is 5.73 Å². The van der Waals surface area contributed by atoms with E-state index in [0.29, 0.717) is 6.54 Å². The van der Waals surface area contributed by atoms with Gasteiger partial charge in [-0.3, -0.25) is 9.69 Å². The van der Waals surface area contributed by atoms with Gasteiger partial charge in [-0.05, 0) is 0 Å². The molecule has 3 amide bonds. The number of amides is 3. The highest BCUT2D eigenvalue weighted by Gasteiger charge is 2.21. The molecule has 8 nitrogen and oxygen atoms in total. The number of urea groups is 1. The average Bonchev–Trinajstić information content (AvgIpc) is 2.38. The summed E-state index contributed by atoms with van der Waals surface area (Å²) in [4.78, 5) is 35.3. The number of nitrogens with two attached hydrogens (primary N) is 1. The van der Waals surface area contributed by atoms with Crippen LogP contribution in [0.3, 0.4) is 0 Å². The molecule has 0 unspecified atom stereocenters. The molecule has 0 aliphatic carbocycles. The van der Waals surface area contributed by atoms with Gasteiger partial charge in [-0.2, -0.15) is 11.8 Å². The first kappa shape index (κ1) is 16.6. The zero-order valence-electron chi connectivity index (χ0n) is 11.1. The molecule has 0 saturated carbocycles. The zero-order chi connectivity index (χ0) is 15.0. The second kappa shape index (κ2) is 8.64. The molecule has 0 aromatic heterocycles. The van der Waals surface area contributed by atoms with E-state index in [-0.39, 0.29) is 0 Å². The van der Waals surface area contributed by atoms with E-state index in [1.165, 1.54) is 0 Å². The van der Waals surface area contributed by atoms with Crippen LogP contribution in [0.1, 0.15) is 6.42 Å². The molecule has 20 heavy (non-hydrogen) atoms. The molecule has 1 rings (SSSR count). The highest BCUT2D eigenvalue weighted by Crippen LogP contribution is 2.07. The van der Waals surface area contributed by atoms with Crippen LogP contribution >= 0.6 is 11.8 Å². The molecule has 1 fully saturated rings. The number of hydrogen-bond acceptors (Lipinski definition) is 5. The Kier molecular flexibility index (Phi) is 7.16. The maximum Gasteiger partial charge on any atom is 0.326 e. The first-order valence-electron chi connectivity index (χ1n) is 6.34.